The van der Waals surface area contributed by atoms with E-state index in [1.165, 1.54) is 0 Å². The lowest BCUT2D eigenvalue weighted by Crippen LogP contribution is -2.43. The molecule has 4 heteroatoms. The lowest BCUT2D eigenvalue weighted by molar-refractivity contribution is 0.101. The van der Waals surface area contributed by atoms with Crippen LogP contribution < -0.4 is 5.32 Å². The van der Waals surface area contributed by atoms with E-state index < -0.39 is 0 Å². The monoisotopic (exact) mass is 284 g/mol. The van der Waals surface area contributed by atoms with Crippen LogP contribution in [0, 0.1) is 0 Å². The number of hydrogen-bond donors (Lipinski definition) is 1. The van der Waals surface area contributed by atoms with Crippen LogP contribution in [-0.4, -0.2) is 44.8 Å². The number of rotatable bonds is 9. The normalized spacial score (nSPS) is 12.9. The highest BCUT2D eigenvalue weighted by Gasteiger charge is 2.15. The summed E-state index contributed by atoms with van der Waals surface area (Å²) < 4.78 is 5.31. The molecule has 1 aromatic rings. The molecule has 0 amide bonds. The number of likely N-dealkylation sites (N-methyl/N-ethyl adjacent to an activating group) is 1. The van der Waals surface area contributed by atoms with Crippen molar-refractivity contribution in [3.8, 4) is 0 Å². The van der Waals surface area contributed by atoms with E-state index in [9.17, 15) is 0 Å². The summed E-state index contributed by atoms with van der Waals surface area (Å²) in [6.07, 6.45) is 1.15. The molecule has 0 saturated carbocycles. The van der Waals surface area contributed by atoms with Crippen LogP contribution in [0.5, 0.6) is 0 Å². The van der Waals surface area contributed by atoms with E-state index in [2.05, 4.69) is 30.3 Å². The van der Waals surface area contributed by atoms with Crippen LogP contribution in [0.1, 0.15) is 18.9 Å². The molecule has 0 bridgehead atoms. The highest BCUT2D eigenvalue weighted by Crippen LogP contribution is 2.17. The number of nitrogens with one attached hydrogen (secondary N) is 1. The number of halogens is 1. The van der Waals surface area contributed by atoms with Gasteiger partial charge in [-0.3, -0.25) is 4.90 Å². The van der Waals surface area contributed by atoms with Gasteiger partial charge in [-0.15, -0.1) is 0 Å². The van der Waals surface area contributed by atoms with Gasteiger partial charge in [-0.05, 0) is 31.6 Å². The van der Waals surface area contributed by atoms with Gasteiger partial charge in [0.15, 0.2) is 0 Å². The maximum Gasteiger partial charge on any atom is 0.0630 e. The maximum atomic E-state index is 6.20. The van der Waals surface area contributed by atoms with Gasteiger partial charge >= 0.3 is 0 Å². The molecule has 0 radical (unpaired) electrons. The van der Waals surface area contributed by atoms with Crippen molar-refractivity contribution in [2.24, 2.45) is 0 Å². The predicted octanol–water partition coefficient (Wildman–Crippen LogP) is 2.79. The Balaban J connectivity index is 2.55. The van der Waals surface area contributed by atoms with E-state index >= 15 is 0 Å². The average molecular weight is 285 g/mol. The first-order chi connectivity index (χ1) is 9.19. The number of methoxy groups -OCH3 is 1. The molecule has 0 aliphatic rings. The Morgan fingerprint density at radius 3 is 2.74 bits per heavy atom. The van der Waals surface area contributed by atoms with Gasteiger partial charge in [-0.2, -0.15) is 0 Å². The van der Waals surface area contributed by atoms with Gasteiger partial charge in [0, 0.05) is 31.3 Å². The Kier molecular flexibility index (Phi) is 8.07. The van der Waals surface area contributed by atoms with Crippen molar-refractivity contribution in [1.29, 1.82) is 0 Å². The smallest absolute Gasteiger partial charge is 0.0630 e. The predicted molar refractivity (Wildman–Crippen MR) is 81.7 cm³/mol. The molecule has 1 rings (SSSR count). The lowest BCUT2D eigenvalue weighted by Gasteiger charge is -2.28. The Labute approximate surface area is 121 Å². The third-order valence-electron chi connectivity index (χ3n) is 3.17. The second kappa shape index (κ2) is 9.32. The van der Waals surface area contributed by atoms with Crippen molar-refractivity contribution < 1.29 is 4.74 Å². The molecule has 0 aliphatic carbocycles. The molecule has 3 nitrogen and oxygen atoms in total. The first kappa shape index (κ1) is 16.4. The van der Waals surface area contributed by atoms with Crippen LogP contribution in [0.4, 0.5) is 0 Å². The minimum Gasteiger partial charge on any atom is -0.383 e. The number of nitrogens with zero attached hydrogens (tertiary/aromatic N) is 1. The van der Waals surface area contributed by atoms with Gasteiger partial charge in [-0.1, -0.05) is 36.7 Å². The van der Waals surface area contributed by atoms with Crippen molar-refractivity contribution in [3.05, 3.63) is 34.9 Å². The molecule has 108 valence electrons. The molecule has 0 fully saturated rings. The molecule has 0 aliphatic heterocycles. The summed E-state index contributed by atoms with van der Waals surface area (Å²) in [5.41, 5.74) is 1.16. The van der Waals surface area contributed by atoms with Crippen LogP contribution in [0.2, 0.25) is 5.02 Å². The Bertz CT molecular complexity index is 360. The third kappa shape index (κ3) is 5.91. The number of ether oxygens (including phenoxy) is 1. The van der Waals surface area contributed by atoms with Crippen molar-refractivity contribution >= 4 is 11.6 Å². The van der Waals surface area contributed by atoms with Crippen LogP contribution in [-0.2, 0) is 11.3 Å². The van der Waals surface area contributed by atoms with Gasteiger partial charge in [0.25, 0.3) is 0 Å². The van der Waals surface area contributed by atoms with E-state index in [-0.39, 0.29) is 0 Å². The summed E-state index contributed by atoms with van der Waals surface area (Å²) in [5.74, 6) is 0. The minimum atomic E-state index is 0.354. The molecule has 0 heterocycles. The fraction of sp³-hybridized carbons (Fsp3) is 0.600. The zero-order chi connectivity index (χ0) is 14.1. The maximum absolute atomic E-state index is 6.20. The molecule has 0 spiro atoms. The Morgan fingerprint density at radius 1 is 1.37 bits per heavy atom. The molecular formula is C15H25ClN2O. The average Bonchev–Trinajstić information content (AvgIpc) is 2.40. The molecule has 0 aromatic heterocycles. The van der Waals surface area contributed by atoms with E-state index in [0.717, 1.165) is 43.2 Å². The zero-order valence-corrected chi connectivity index (χ0v) is 12.9. The standard InChI is InChI=1S/C15H25ClN2O/c1-4-9-17-10-14(12-19-3)18(2)11-13-7-5-6-8-15(13)16/h5-8,14,17H,4,9-12H2,1-3H3. The summed E-state index contributed by atoms with van der Waals surface area (Å²) in [7, 11) is 3.86. The molecule has 1 unspecified atom stereocenters. The molecule has 19 heavy (non-hydrogen) atoms. The van der Waals surface area contributed by atoms with E-state index in [1.54, 1.807) is 7.11 Å². The summed E-state index contributed by atoms with van der Waals surface area (Å²) in [4.78, 5) is 2.29. The summed E-state index contributed by atoms with van der Waals surface area (Å²) >= 11 is 6.20. The Morgan fingerprint density at radius 2 is 2.11 bits per heavy atom. The van der Waals surface area contributed by atoms with Crippen molar-refractivity contribution in [1.82, 2.24) is 10.2 Å². The zero-order valence-electron chi connectivity index (χ0n) is 12.2. The van der Waals surface area contributed by atoms with Gasteiger partial charge < -0.3 is 10.1 Å². The topological polar surface area (TPSA) is 24.5 Å². The molecular weight excluding hydrogens is 260 g/mol. The second-order valence-corrected chi connectivity index (χ2v) is 5.23. The SMILES string of the molecule is CCCNCC(COC)N(C)Cc1ccccc1Cl. The molecule has 1 N–H and O–H groups in total. The number of benzene rings is 1. The minimum absolute atomic E-state index is 0.354. The summed E-state index contributed by atoms with van der Waals surface area (Å²) in [6.45, 7) is 5.70. The lowest BCUT2D eigenvalue weighted by atomic mass is 10.2. The highest BCUT2D eigenvalue weighted by molar-refractivity contribution is 6.31. The first-order valence-corrected chi connectivity index (χ1v) is 7.20. The second-order valence-electron chi connectivity index (χ2n) is 4.82. The van der Waals surface area contributed by atoms with Crippen LogP contribution >= 0.6 is 11.6 Å². The highest BCUT2D eigenvalue weighted by atomic mass is 35.5. The van der Waals surface area contributed by atoms with Crippen LogP contribution in [0.15, 0.2) is 24.3 Å². The Hall–Kier alpha value is -0.610. The van der Waals surface area contributed by atoms with Gasteiger partial charge in [0.2, 0.25) is 0 Å². The van der Waals surface area contributed by atoms with E-state index in [1.807, 2.05) is 18.2 Å². The molecule has 0 saturated heterocycles. The van der Waals surface area contributed by atoms with Crippen molar-refractivity contribution in [3.63, 3.8) is 0 Å². The fourth-order valence-corrected chi connectivity index (χ4v) is 2.20. The third-order valence-corrected chi connectivity index (χ3v) is 3.54. The van der Waals surface area contributed by atoms with Gasteiger partial charge in [-0.25, -0.2) is 0 Å². The molecule has 1 atom stereocenters. The number of hydrogen-bond acceptors (Lipinski definition) is 3. The first-order valence-electron chi connectivity index (χ1n) is 6.82. The van der Waals surface area contributed by atoms with Crippen molar-refractivity contribution in [2.75, 3.05) is 33.9 Å². The largest absolute Gasteiger partial charge is 0.383 e. The van der Waals surface area contributed by atoms with Crippen LogP contribution in [0.3, 0.4) is 0 Å². The van der Waals surface area contributed by atoms with Gasteiger partial charge in [0.1, 0.15) is 0 Å². The summed E-state index contributed by atoms with van der Waals surface area (Å²) in [5, 5.41) is 4.27. The van der Waals surface area contributed by atoms with Crippen LogP contribution in [0.25, 0.3) is 0 Å². The van der Waals surface area contributed by atoms with Crippen molar-refractivity contribution in [2.45, 2.75) is 25.9 Å². The van der Waals surface area contributed by atoms with E-state index in [4.69, 9.17) is 16.3 Å². The quantitative estimate of drug-likeness (QED) is 0.706. The van der Waals surface area contributed by atoms with E-state index in [0.29, 0.717) is 6.04 Å². The van der Waals surface area contributed by atoms with Gasteiger partial charge in [0.05, 0.1) is 6.61 Å². The molecule has 1 aromatic carbocycles. The summed E-state index contributed by atoms with van der Waals surface area (Å²) in [6, 6.07) is 8.35. The fourth-order valence-electron chi connectivity index (χ4n) is 2.00.